The molecule has 1 atom stereocenters. The van der Waals surface area contributed by atoms with E-state index < -0.39 is 0 Å². The maximum absolute atomic E-state index is 11.6. The maximum atomic E-state index is 11.6. The van der Waals surface area contributed by atoms with E-state index in [1.807, 2.05) is 0 Å². The van der Waals surface area contributed by atoms with E-state index in [9.17, 15) is 4.79 Å². The number of rotatable bonds is 7. The Morgan fingerprint density at radius 3 is 3.00 bits per heavy atom. The largest absolute Gasteiger partial charge is 0.394 e. The van der Waals surface area contributed by atoms with Crippen LogP contribution in [0.1, 0.15) is 25.7 Å². The molecule has 3 N–H and O–H groups in total. The van der Waals surface area contributed by atoms with Crippen LogP contribution in [0.3, 0.4) is 0 Å². The van der Waals surface area contributed by atoms with Gasteiger partial charge in [-0.15, -0.1) is 0 Å². The molecule has 0 aromatic heterocycles. The molecule has 0 unspecified atom stereocenters. The van der Waals surface area contributed by atoms with Gasteiger partial charge in [0.15, 0.2) is 0 Å². The van der Waals surface area contributed by atoms with Gasteiger partial charge in [0, 0.05) is 13.2 Å². The van der Waals surface area contributed by atoms with Crippen LogP contribution in [-0.4, -0.2) is 50.0 Å². The number of aliphatic hydroxyl groups excluding tert-OH is 1. The summed E-state index contributed by atoms with van der Waals surface area (Å²) in [6.45, 7) is 2.59. The Morgan fingerprint density at radius 1 is 1.44 bits per heavy atom. The van der Waals surface area contributed by atoms with E-state index >= 15 is 0 Å². The van der Waals surface area contributed by atoms with Crippen molar-refractivity contribution in [3.05, 3.63) is 0 Å². The van der Waals surface area contributed by atoms with Gasteiger partial charge < -0.3 is 20.5 Å². The van der Waals surface area contributed by atoms with Crippen molar-refractivity contribution in [3.8, 4) is 0 Å². The van der Waals surface area contributed by atoms with Gasteiger partial charge in [0.25, 0.3) is 0 Å². The molecular weight excluding hydrogens is 208 g/mol. The molecule has 0 spiro atoms. The van der Waals surface area contributed by atoms with Gasteiger partial charge >= 0.3 is 0 Å². The number of carbonyl (C=O) groups excluding carboxylic acids is 1. The lowest BCUT2D eigenvalue weighted by Gasteiger charge is -2.22. The lowest BCUT2D eigenvalue weighted by Crippen LogP contribution is -2.46. The Balaban J connectivity index is 1.97. The molecular formula is C11H22N2O3. The van der Waals surface area contributed by atoms with Crippen molar-refractivity contribution in [3.63, 3.8) is 0 Å². The van der Waals surface area contributed by atoms with Gasteiger partial charge in [-0.2, -0.15) is 0 Å². The molecule has 0 radical (unpaired) electrons. The van der Waals surface area contributed by atoms with Crippen LogP contribution < -0.4 is 10.6 Å². The fourth-order valence-corrected chi connectivity index (χ4v) is 1.75. The van der Waals surface area contributed by atoms with Crippen LogP contribution in [0.25, 0.3) is 0 Å². The zero-order valence-electron chi connectivity index (χ0n) is 9.71. The minimum atomic E-state index is -0.00731. The number of aliphatic hydroxyl groups is 1. The van der Waals surface area contributed by atoms with E-state index in [1.165, 1.54) is 6.42 Å². The van der Waals surface area contributed by atoms with Gasteiger partial charge in [0.1, 0.15) is 0 Å². The van der Waals surface area contributed by atoms with Gasteiger partial charge in [0.2, 0.25) is 5.91 Å². The molecule has 1 fully saturated rings. The van der Waals surface area contributed by atoms with Crippen LogP contribution in [-0.2, 0) is 9.53 Å². The van der Waals surface area contributed by atoms with Crippen molar-refractivity contribution in [1.82, 2.24) is 10.6 Å². The zero-order valence-corrected chi connectivity index (χ0v) is 9.71. The third kappa shape index (κ3) is 5.44. The Bertz CT molecular complexity index is 194. The highest BCUT2D eigenvalue weighted by molar-refractivity contribution is 5.81. The number of hydrogen-bond acceptors (Lipinski definition) is 4. The highest BCUT2D eigenvalue weighted by atomic mass is 16.5. The van der Waals surface area contributed by atoms with Crippen molar-refractivity contribution in [2.24, 2.45) is 0 Å². The Morgan fingerprint density at radius 2 is 2.31 bits per heavy atom. The highest BCUT2D eigenvalue weighted by Crippen LogP contribution is 2.06. The Labute approximate surface area is 96.6 Å². The third-order valence-corrected chi connectivity index (χ3v) is 2.63. The summed E-state index contributed by atoms with van der Waals surface area (Å²) in [5.74, 6) is 0.0989. The minimum absolute atomic E-state index is 0.00731. The van der Waals surface area contributed by atoms with Gasteiger partial charge in [0.05, 0.1) is 19.3 Å². The molecule has 1 aliphatic rings. The molecule has 1 aliphatic heterocycles. The molecule has 0 bridgehead atoms. The third-order valence-electron chi connectivity index (χ3n) is 2.63. The molecule has 0 aliphatic carbocycles. The highest BCUT2D eigenvalue weighted by Gasteiger charge is 2.19. The molecule has 1 heterocycles. The smallest absolute Gasteiger partial charge is 0.237 e. The number of carbonyl (C=O) groups is 1. The fraction of sp³-hybridized carbons (Fsp3) is 0.909. The van der Waals surface area contributed by atoms with Gasteiger partial charge in [-0.3, -0.25) is 4.79 Å². The first-order chi connectivity index (χ1) is 7.84. The van der Waals surface area contributed by atoms with E-state index in [0.717, 1.165) is 25.8 Å². The normalized spacial score (nSPS) is 20.7. The van der Waals surface area contributed by atoms with Crippen LogP contribution in [0.4, 0.5) is 0 Å². The summed E-state index contributed by atoms with van der Waals surface area (Å²) in [6.07, 6.45) is 4.02. The summed E-state index contributed by atoms with van der Waals surface area (Å²) in [4.78, 5) is 11.6. The molecule has 1 rings (SSSR count). The van der Waals surface area contributed by atoms with Gasteiger partial charge in [-0.1, -0.05) is 6.42 Å². The van der Waals surface area contributed by atoms with Crippen molar-refractivity contribution >= 4 is 5.91 Å². The Hall–Kier alpha value is -0.650. The average Bonchev–Trinajstić information content (AvgIpc) is 2.34. The predicted molar refractivity (Wildman–Crippen MR) is 61.2 cm³/mol. The first-order valence-electron chi connectivity index (χ1n) is 6.04. The van der Waals surface area contributed by atoms with E-state index in [2.05, 4.69) is 10.6 Å². The molecule has 0 aromatic rings. The van der Waals surface area contributed by atoms with Crippen molar-refractivity contribution in [2.45, 2.75) is 31.7 Å². The molecule has 5 nitrogen and oxygen atoms in total. The summed E-state index contributed by atoms with van der Waals surface area (Å²) in [5.41, 5.74) is 0. The molecule has 16 heavy (non-hydrogen) atoms. The SMILES string of the molecule is O=C(NCCCOCCO)[C@@H]1CCCCN1. The van der Waals surface area contributed by atoms with Gasteiger partial charge in [-0.25, -0.2) is 0 Å². The van der Waals surface area contributed by atoms with E-state index in [4.69, 9.17) is 9.84 Å². The number of piperidine rings is 1. The summed E-state index contributed by atoms with van der Waals surface area (Å²) < 4.78 is 5.09. The summed E-state index contributed by atoms with van der Waals surface area (Å²) in [7, 11) is 0. The number of nitrogens with one attached hydrogen (secondary N) is 2. The summed E-state index contributed by atoms with van der Waals surface area (Å²) in [6, 6.07) is -0.00731. The van der Waals surface area contributed by atoms with E-state index in [-0.39, 0.29) is 18.6 Å². The topological polar surface area (TPSA) is 70.6 Å². The number of ether oxygens (including phenoxy) is 1. The quantitative estimate of drug-likeness (QED) is 0.523. The van der Waals surface area contributed by atoms with Crippen LogP contribution >= 0.6 is 0 Å². The average molecular weight is 230 g/mol. The second-order valence-electron chi connectivity index (χ2n) is 3.98. The van der Waals surface area contributed by atoms with E-state index in [1.54, 1.807) is 0 Å². The number of hydrogen-bond donors (Lipinski definition) is 3. The maximum Gasteiger partial charge on any atom is 0.237 e. The number of amides is 1. The van der Waals surface area contributed by atoms with Crippen molar-refractivity contribution in [2.75, 3.05) is 32.9 Å². The van der Waals surface area contributed by atoms with Crippen molar-refractivity contribution in [1.29, 1.82) is 0 Å². The second kappa shape index (κ2) is 8.50. The predicted octanol–water partition coefficient (Wildman–Crippen LogP) is -0.356. The monoisotopic (exact) mass is 230 g/mol. The Kier molecular flexibility index (Phi) is 7.12. The van der Waals surface area contributed by atoms with Crippen LogP contribution in [0.15, 0.2) is 0 Å². The zero-order chi connectivity index (χ0) is 11.6. The molecule has 1 saturated heterocycles. The standard InChI is InChI=1S/C11H22N2O3/c14-7-9-16-8-3-6-13-11(15)10-4-1-2-5-12-10/h10,12,14H,1-9H2,(H,13,15)/t10-/m0/s1. The fourth-order valence-electron chi connectivity index (χ4n) is 1.75. The molecule has 94 valence electrons. The lowest BCUT2D eigenvalue weighted by molar-refractivity contribution is -0.123. The summed E-state index contributed by atoms with van der Waals surface area (Å²) in [5, 5.41) is 14.6. The molecule has 1 amide bonds. The first kappa shape index (κ1) is 13.4. The summed E-state index contributed by atoms with van der Waals surface area (Å²) >= 11 is 0. The molecule has 5 heteroatoms. The van der Waals surface area contributed by atoms with Gasteiger partial charge in [-0.05, 0) is 25.8 Å². The first-order valence-corrected chi connectivity index (χ1v) is 6.04. The minimum Gasteiger partial charge on any atom is -0.394 e. The molecule has 0 aromatic carbocycles. The van der Waals surface area contributed by atoms with E-state index in [0.29, 0.717) is 19.8 Å². The van der Waals surface area contributed by atoms with Crippen LogP contribution in [0.5, 0.6) is 0 Å². The van der Waals surface area contributed by atoms with Crippen LogP contribution in [0.2, 0.25) is 0 Å². The molecule has 0 saturated carbocycles. The lowest BCUT2D eigenvalue weighted by atomic mass is 10.0. The second-order valence-corrected chi connectivity index (χ2v) is 3.98. The van der Waals surface area contributed by atoms with Crippen molar-refractivity contribution < 1.29 is 14.6 Å². The van der Waals surface area contributed by atoms with Crippen LogP contribution in [0, 0.1) is 0 Å².